The zero-order chi connectivity index (χ0) is 23.8. The van der Waals surface area contributed by atoms with Crippen LogP contribution in [0.15, 0.2) is 61.8 Å². The van der Waals surface area contributed by atoms with Crippen molar-refractivity contribution in [1.82, 2.24) is 19.5 Å². The number of likely N-dealkylation sites (N-methyl/N-ethyl adjacent to an activating group) is 2. The number of hydrogen-bond acceptors (Lipinski definition) is 8. The van der Waals surface area contributed by atoms with E-state index in [1.165, 1.54) is 12.1 Å². The van der Waals surface area contributed by atoms with E-state index < -0.39 is 9.84 Å². The Morgan fingerprint density at radius 1 is 1.18 bits per heavy atom. The van der Waals surface area contributed by atoms with E-state index >= 15 is 0 Å². The first-order valence-corrected chi connectivity index (χ1v) is 13.1. The average Bonchev–Trinajstić information content (AvgIpc) is 3.44. The second kappa shape index (κ2) is 9.23. The second-order valence-electron chi connectivity index (χ2n) is 7.75. The molecule has 0 aliphatic rings. The van der Waals surface area contributed by atoms with Gasteiger partial charge in [0.05, 0.1) is 33.6 Å². The van der Waals surface area contributed by atoms with Crippen molar-refractivity contribution in [3.63, 3.8) is 0 Å². The van der Waals surface area contributed by atoms with E-state index in [2.05, 4.69) is 32.1 Å². The van der Waals surface area contributed by atoms with Crippen LogP contribution in [0, 0.1) is 11.3 Å². The smallest absolute Gasteiger partial charge is 0.233 e. The lowest BCUT2D eigenvalue weighted by Gasteiger charge is -2.22. The third-order valence-electron chi connectivity index (χ3n) is 5.17. The van der Waals surface area contributed by atoms with Crippen LogP contribution in [-0.4, -0.2) is 62.1 Å². The van der Waals surface area contributed by atoms with Gasteiger partial charge in [-0.05, 0) is 44.4 Å². The van der Waals surface area contributed by atoms with E-state index in [1.807, 2.05) is 49.3 Å². The summed E-state index contributed by atoms with van der Waals surface area (Å²) in [5.74, 6) is 0. The maximum atomic E-state index is 13.3. The summed E-state index contributed by atoms with van der Waals surface area (Å²) in [5, 5.41) is 15.7. The molecule has 4 aromatic rings. The Balaban J connectivity index is 1.67. The summed E-state index contributed by atoms with van der Waals surface area (Å²) in [6.07, 6.45) is 3.48. The van der Waals surface area contributed by atoms with Gasteiger partial charge >= 0.3 is 0 Å². The fourth-order valence-corrected chi connectivity index (χ4v) is 6.09. The Morgan fingerprint density at radius 2 is 1.97 bits per heavy atom. The minimum Gasteiger partial charge on any atom is -0.372 e. The van der Waals surface area contributed by atoms with Crippen molar-refractivity contribution in [2.45, 2.75) is 9.24 Å². The summed E-state index contributed by atoms with van der Waals surface area (Å²) in [7, 11) is 1.96. The minimum atomic E-state index is -3.88. The van der Waals surface area contributed by atoms with Crippen LogP contribution in [0.5, 0.6) is 0 Å². The number of rotatable bonds is 7. The highest BCUT2D eigenvalue weighted by Crippen LogP contribution is 2.32. The molecule has 0 fully saturated rings. The molecule has 0 bridgehead atoms. The van der Waals surface area contributed by atoms with Crippen LogP contribution in [0.2, 0.25) is 0 Å². The van der Waals surface area contributed by atoms with Gasteiger partial charge in [-0.1, -0.05) is 15.9 Å². The molecule has 0 spiro atoms. The first-order chi connectivity index (χ1) is 15.7. The molecule has 4 rings (SSSR count). The molecule has 33 heavy (non-hydrogen) atoms. The number of pyridine rings is 1. The number of halogens is 1. The van der Waals surface area contributed by atoms with Crippen molar-refractivity contribution in [3.05, 3.63) is 58.1 Å². The zero-order valence-corrected chi connectivity index (χ0v) is 21.4. The van der Waals surface area contributed by atoms with Gasteiger partial charge in [-0.3, -0.25) is 0 Å². The van der Waals surface area contributed by atoms with Gasteiger partial charge in [0.1, 0.15) is 6.07 Å². The normalized spacial score (nSPS) is 11.8. The van der Waals surface area contributed by atoms with Gasteiger partial charge in [0.25, 0.3) is 0 Å². The number of fused-ring (bicyclic) bond motifs is 1. The Bertz CT molecular complexity index is 1470. The van der Waals surface area contributed by atoms with E-state index in [0.717, 1.165) is 33.4 Å². The standard InChI is InChI=1S/C22H21BrN6O2S2/c1-27(2)8-9-28(3)20-5-4-17(10-15(20)12-24)33(30,31)22-26-19(14-32-22)18-13-25-29-7-6-16(23)11-21(18)29/h4-7,10-11,13-14H,8-9H2,1-3H3. The lowest BCUT2D eigenvalue weighted by Crippen LogP contribution is -2.29. The monoisotopic (exact) mass is 544 g/mol. The molecule has 3 aromatic heterocycles. The van der Waals surface area contributed by atoms with Gasteiger partial charge < -0.3 is 9.80 Å². The summed E-state index contributed by atoms with van der Waals surface area (Å²) in [4.78, 5) is 8.44. The quantitative estimate of drug-likeness (QED) is 0.348. The highest BCUT2D eigenvalue weighted by molar-refractivity contribution is 9.10. The first-order valence-electron chi connectivity index (χ1n) is 9.94. The van der Waals surface area contributed by atoms with Crippen molar-refractivity contribution >= 4 is 48.3 Å². The molecule has 0 radical (unpaired) electrons. The molecule has 11 heteroatoms. The number of thiazole rings is 1. The highest BCUT2D eigenvalue weighted by Gasteiger charge is 2.24. The largest absolute Gasteiger partial charge is 0.372 e. The molecule has 0 N–H and O–H groups in total. The number of aromatic nitrogens is 3. The third kappa shape index (κ3) is 4.65. The van der Waals surface area contributed by atoms with Gasteiger partial charge in [0, 0.05) is 41.8 Å². The van der Waals surface area contributed by atoms with E-state index in [0.29, 0.717) is 23.5 Å². The number of hydrogen-bond donors (Lipinski definition) is 0. The molecule has 1 aromatic carbocycles. The number of sulfone groups is 1. The first kappa shape index (κ1) is 23.4. The van der Waals surface area contributed by atoms with Crippen molar-refractivity contribution < 1.29 is 8.42 Å². The van der Waals surface area contributed by atoms with Crippen LogP contribution in [0.25, 0.3) is 16.8 Å². The molecule has 0 amide bonds. The van der Waals surface area contributed by atoms with Gasteiger partial charge in [0.15, 0.2) is 0 Å². The summed E-state index contributed by atoms with van der Waals surface area (Å²) < 4.78 is 29.1. The van der Waals surface area contributed by atoms with Crippen LogP contribution >= 0.6 is 27.3 Å². The Hall–Kier alpha value is -2.78. The van der Waals surface area contributed by atoms with Crippen molar-refractivity contribution in [1.29, 1.82) is 5.26 Å². The molecule has 170 valence electrons. The van der Waals surface area contributed by atoms with E-state index in [9.17, 15) is 13.7 Å². The van der Waals surface area contributed by atoms with Gasteiger partial charge in [-0.15, -0.1) is 11.3 Å². The van der Waals surface area contributed by atoms with E-state index in [1.54, 1.807) is 22.2 Å². The second-order valence-corrected chi connectivity index (χ2v) is 11.6. The fourth-order valence-electron chi connectivity index (χ4n) is 3.33. The Labute approximate surface area is 204 Å². The molecule has 0 atom stereocenters. The highest BCUT2D eigenvalue weighted by atomic mass is 79.9. The van der Waals surface area contributed by atoms with Gasteiger partial charge in [-0.25, -0.2) is 17.9 Å². The maximum Gasteiger partial charge on any atom is 0.233 e. The summed E-state index contributed by atoms with van der Waals surface area (Å²) in [6.45, 7) is 1.52. The van der Waals surface area contributed by atoms with Gasteiger partial charge in [0.2, 0.25) is 14.2 Å². The number of nitrogens with zero attached hydrogens (tertiary/aromatic N) is 6. The molecule has 8 nitrogen and oxygen atoms in total. The van der Waals surface area contributed by atoms with Crippen LogP contribution in [-0.2, 0) is 9.84 Å². The van der Waals surface area contributed by atoms with E-state index in [-0.39, 0.29) is 9.24 Å². The Morgan fingerprint density at radius 3 is 2.70 bits per heavy atom. The topological polar surface area (TPSA) is 94.6 Å². The molecular weight excluding hydrogens is 524 g/mol. The van der Waals surface area contributed by atoms with Crippen LogP contribution in [0.1, 0.15) is 5.56 Å². The predicted octanol–water partition coefficient (Wildman–Crippen LogP) is 3.92. The van der Waals surface area contributed by atoms with Gasteiger partial charge in [-0.2, -0.15) is 10.4 Å². The van der Waals surface area contributed by atoms with E-state index in [4.69, 9.17) is 0 Å². The average molecular weight is 545 g/mol. The molecular formula is C22H21BrN6O2S2. The third-order valence-corrected chi connectivity index (χ3v) is 8.66. The predicted molar refractivity (Wildman–Crippen MR) is 132 cm³/mol. The van der Waals surface area contributed by atoms with Crippen molar-refractivity contribution in [3.8, 4) is 17.3 Å². The number of anilines is 1. The molecule has 0 aliphatic carbocycles. The van der Waals surface area contributed by atoms with Crippen molar-refractivity contribution in [2.24, 2.45) is 0 Å². The zero-order valence-electron chi connectivity index (χ0n) is 18.2. The SMILES string of the molecule is CN(C)CCN(C)c1ccc(S(=O)(=O)c2nc(-c3cnn4ccc(Br)cc34)cs2)cc1C#N. The summed E-state index contributed by atoms with van der Waals surface area (Å²) >= 11 is 4.50. The number of benzene rings is 1. The molecule has 0 unspecified atom stereocenters. The fraction of sp³-hybridized carbons (Fsp3) is 0.227. The van der Waals surface area contributed by atoms with Crippen LogP contribution < -0.4 is 4.90 Å². The molecule has 3 heterocycles. The lowest BCUT2D eigenvalue weighted by atomic mass is 10.2. The maximum absolute atomic E-state index is 13.3. The molecule has 0 aliphatic heterocycles. The summed E-state index contributed by atoms with van der Waals surface area (Å²) in [6, 6.07) is 10.5. The Kier molecular flexibility index (Phi) is 6.54. The lowest BCUT2D eigenvalue weighted by molar-refractivity contribution is 0.416. The summed E-state index contributed by atoms with van der Waals surface area (Å²) in [5.41, 5.74) is 3.09. The van der Waals surface area contributed by atoms with Crippen LogP contribution in [0.4, 0.5) is 5.69 Å². The minimum absolute atomic E-state index is 0.0237. The van der Waals surface area contributed by atoms with Crippen LogP contribution in [0.3, 0.4) is 0 Å². The molecule has 0 saturated carbocycles. The van der Waals surface area contributed by atoms with Crippen molar-refractivity contribution in [2.75, 3.05) is 39.1 Å². The molecule has 0 saturated heterocycles. The number of nitriles is 1.